The Bertz CT molecular complexity index is 349. The summed E-state index contributed by atoms with van der Waals surface area (Å²) in [5.41, 5.74) is 0. The first-order chi connectivity index (χ1) is 8.17. The lowest BCUT2D eigenvalue weighted by Gasteiger charge is -2.17. The molecule has 0 fully saturated rings. The van der Waals surface area contributed by atoms with Gasteiger partial charge in [0.15, 0.2) is 0 Å². The summed E-state index contributed by atoms with van der Waals surface area (Å²) in [6.07, 6.45) is 0.963. The van der Waals surface area contributed by atoms with Crippen LogP contribution in [0.5, 0.6) is 0 Å². The standard InChI is InChI=1S/C11H20N4OS/c1-4-15(5-2)8-6-7-12-10(16)11-13-9(3)14-17-11/h4-8H2,1-3H3,(H,12,16). The Balaban J connectivity index is 2.21. The largest absolute Gasteiger partial charge is 0.350 e. The van der Waals surface area contributed by atoms with Crippen LogP contribution in [0.1, 0.15) is 35.9 Å². The van der Waals surface area contributed by atoms with Crippen LogP contribution in [-0.2, 0) is 0 Å². The van der Waals surface area contributed by atoms with Crippen molar-refractivity contribution in [1.82, 2.24) is 19.6 Å². The number of carbonyl (C=O) groups excluding carboxylic acids is 1. The monoisotopic (exact) mass is 256 g/mol. The minimum Gasteiger partial charge on any atom is -0.350 e. The van der Waals surface area contributed by atoms with Gasteiger partial charge in [-0.05, 0) is 44.5 Å². The Kier molecular flexibility index (Phi) is 6.07. The van der Waals surface area contributed by atoms with E-state index in [1.807, 2.05) is 0 Å². The van der Waals surface area contributed by atoms with Crippen LogP contribution < -0.4 is 5.32 Å². The molecule has 17 heavy (non-hydrogen) atoms. The second kappa shape index (κ2) is 7.34. The molecule has 0 atom stereocenters. The Hall–Kier alpha value is -1.01. The number of rotatable bonds is 7. The molecule has 0 saturated heterocycles. The summed E-state index contributed by atoms with van der Waals surface area (Å²) < 4.78 is 3.98. The van der Waals surface area contributed by atoms with E-state index in [-0.39, 0.29) is 5.91 Å². The van der Waals surface area contributed by atoms with Crippen LogP contribution in [0.3, 0.4) is 0 Å². The maximum Gasteiger partial charge on any atom is 0.281 e. The Labute approximate surface area is 106 Å². The van der Waals surface area contributed by atoms with Crippen LogP contribution in [0, 0.1) is 6.92 Å². The summed E-state index contributed by atoms with van der Waals surface area (Å²) >= 11 is 1.15. The molecule has 0 saturated carbocycles. The molecule has 0 spiro atoms. The van der Waals surface area contributed by atoms with Gasteiger partial charge < -0.3 is 10.2 Å². The fourth-order valence-electron chi connectivity index (χ4n) is 1.51. The SMILES string of the molecule is CCN(CC)CCCNC(=O)c1nc(C)ns1. The first-order valence-electron chi connectivity index (χ1n) is 5.98. The summed E-state index contributed by atoms with van der Waals surface area (Å²) in [7, 11) is 0. The van der Waals surface area contributed by atoms with Crippen molar-refractivity contribution in [3.8, 4) is 0 Å². The van der Waals surface area contributed by atoms with Crippen LogP contribution in [-0.4, -0.2) is 46.3 Å². The van der Waals surface area contributed by atoms with Crippen molar-refractivity contribution in [2.45, 2.75) is 27.2 Å². The number of hydrogen-bond donors (Lipinski definition) is 1. The maximum absolute atomic E-state index is 11.6. The molecule has 0 aliphatic heterocycles. The topological polar surface area (TPSA) is 58.1 Å². The molecule has 0 aromatic carbocycles. The summed E-state index contributed by atoms with van der Waals surface area (Å²) in [5, 5.41) is 3.31. The third-order valence-electron chi connectivity index (χ3n) is 2.55. The third-order valence-corrected chi connectivity index (χ3v) is 3.36. The van der Waals surface area contributed by atoms with Gasteiger partial charge in [-0.1, -0.05) is 13.8 Å². The van der Waals surface area contributed by atoms with E-state index in [1.165, 1.54) is 0 Å². The lowest BCUT2D eigenvalue weighted by atomic mass is 10.3. The van der Waals surface area contributed by atoms with Gasteiger partial charge in [0.1, 0.15) is 5.82 Å². The Morgan fingerprint density at radius 1 is 1.41 bits per heavy atom. The van der Waals surface area contributed by atoms with Crippen molar-refractivity contribution < 1.29 is 4.79 Å². The first-order valence-corrected chi connectivity index (χ1v) is 6.75. The molecule has 1 aromatic rings. The van der Waals surface area contributed by atoms with E-state index < -0.39 is 0 Å². The average Bonchev–Trinajstić information content (AvgIpc) is 2.76. The number of nitrogens with one attached hydrogen (secondary N) is 1. The molecule has 0 bridgehead atoms. The second-order valence-corrected chi connectivity index (χ2v) is 4.53. The van der Waals surface area contributed by atoms with E-state index in [2.05, 4.69) is 33.4 Å². The van der Waals surface area contributed by atoms with Gasteiger partial charge >= 0.3 is 0 Å². The summed E-state index contributed by atoms with van der Waals surface area (Å²) in [6.45, 7) is 9.89. The molecule has 0 aliphatic rings. The van der Waals surface area contributed by atoms with Gasteiger partial charge in [0.2, 0.25) is 5.01 Å². The van der Waals surface area contributed by atoms with E-state index in [1.54, 1.807) is 6.92 Å². The zero-order chi connectivity index (χ0) is 12.7. The van der Waals surface area contributed by atoms with E-state index in [4.69, 9.17) is 0 Å². The number of amides is 1. The fraction of sp³-hybridized carbons (Fsp3) is 0.727. The van der Waals surface area contributed by atoms with Gasteiger partial charge in [-0.2, -0.15) is 4.37 Å². The molecule has 1 N–H and O–H groups in total. The molecule has 0 aliphatic carbocycles. The highest BCUT2D eigenvalue weighted by Crippen LogP contribution is 2.02. The van der Waals surface area contributed by atoms with Gasteiger partial charge in [0.05, 0.1) is 0 Å². The smallest absolute Gasteiger partial charge is 0.281 e. The molecular formula is C11H20N4OS. The number of hydrogen-bond acceptors (Lipinski definition) is 5. The quantitative estimate of drug-likeness (QED) is 0.747. The van der Waals surface area contributed by atoms with Crippen LogP contribution in [0.25, 0.3) is 0 Å². The van der Waals surface area contributed by atoms with Gasteiger partial charge in [0.25, 0.3) is 5.91 Å². The third kappa shape index (κ3) is 4.79. The van der Waals surface area contributed by atoms with Crippen LogP contribution >= 0.6 is 11.5 Å². The highest BCUT2D eigenvalue weighted by Gasteiger charge is 2.09. The van der Waals surface area contributed by atoms with Crippen LogP contribution in [0.4, 0.5) is 0 Å². The van der Waals surface area contributed by atoms with E-state index in [0.29, 0.717) is 17.4 Å². The van der Waals surface area contributed by atoms with Crippen LogP contribution in [0.15, 0.2) is 0 Å². The van der Waals surface area contributed by atoms with Crippen molar-refractivity contribution in [2.75, 3.05) is 26.2 Å². The molecule has 1 aromatic heterocycles. The van der Waals surface area contributed by atoms with E-state index in [0.717, 1.165) is 37.6 Å². The van der Waals surface area contributed by atoms with Crippen molar-refractivity contribution in [2.24, 2.45) is 0 Å². The summed E-state index contributed by atoms with van der Waals surface area (Å²) in [5.74, 6) is 0.540. The normalized spacial score (nSPS) is 10.8. The fourth-order valence-corrected chi connectivity index (χ4v) is 2.10. The second-order valence-electron chi connectivity index (χ2n) is 3.78. The molecule has 6 heteroatoms. The minimum absolute atomic E-state index is 0.116. The van der Waals surface area contributed by atoms with Gasteiger partial charge in [-0.15, -0.1) is 0 Å². The van der Waals surface area contributed by atoms with E-state index in [9.17, 15) is 4.79 Å². The van der Waals surface area contributed by atoms with Gasteiger partial charge in [-0.3, -0.25) is 4.79 Å². The zero-order valence-electron chi connectivity index (χ0n) is 10.7. The average molecular weight is 256 g/mol. The number of aromatic nitrogens is 2. The predicted octanol–water partition coefficient (Wildman–Crippen LogP) is 1.31. The summed E-state index contributed by atoms with van der Waals surface area (Å²) in [6, 6.07) is 0. The van der Waals surface area contributed by atoms with E-state index >= 15 is 0 Å². The molecular weight excluding hydrogens is 236 g/mol. The minimum atomic E-state index is -0.116. The molecule has 1 rings (SSSR count). The Morgan fingerprint density at radius 2 is 2.12 bits per heavy atom. The van der Waals surface area contributed by atoms with Crippen LogP contribution in [0.2, 0.25) is 0 Å². The number of nitrogens with zero attached hydrogens (tertiary/aromatic N) is 3. The zero-order valence-corrected chi connectivity index (χ0v) is 11.5. The van der Waals surface area contributed by atoms with Crippen molar-refractivity contribution in [3.63, 3.8) is 0 Å². The lowest BCUT2D eigenvalue weighted by molar-refractivity contribution is 0.0951. The lowest BCUT2D eigenvalue weighted by Crippen LogP contribution is -2.29. The summed E-state index contributed by atoms with van der Waals surface area (Å²) in [4.78, 5) is 18.0. The van der Waals surface area contributed by atoms with Crippen molar-refractivity contribution in [3.05, 3.63) is 10.8 Å². The van der Waals surface area contributed by atoms with Gasteiger partial charge in [-0.25, -0.2) is 4.98 Å². The van der Waals surface area contributed by atoms with Crippen molar-refractivity contribution >= 4 is 17.4 Å². The highest BCUT2D eigenvalue weighted by atomic mass is 32.1. The Morgan fingerprint density at radius 3 is 2.65 bits per heavy atom. The molecule has 0 unspecified atom stereocenters. The van der Waals surface area contributed by atoms with Crippen molar-refractivity contribution in [1.29, 1.82) is 0 Å². The van der Waals surface area contributed by atoms with Gasteiger partial charge in [0, 0.05) is 6.54 Å². The first kappa shape index (κ1) is 14.1. The molecule has 5 nitrogen and oxygen atoms in total. The number of aryl methyl sites for hydroxylation is 1. The molecule has 1 heterocycles. The molecule has 1 amide bonds. The highest BCUT2D eigenvalue weighted by molar-refractivity contribution is 7.07. The molecule has 0 radical (unpaired) electrons. The predicted molar refractivity (Wildman–Crippen MR) is 69.4 cm³/mol. The number of carbonyl (C=O) groups is 1. The molecule has 96 valence electrons. The maximum atomic E-state index is 11.6.